The summed E-state index contributed by atoms with van der Waals surface area (Å²) in [4.78, 5) is 380. The van der Waals surface area contributed by atoms with E-state index in [9.17, 15) is 205 Å². The van der Waals surface area contributed by atoms with Crippen LogP contribution in [0.15, 0.2) is 0 Å². The Balaban J connectivity index is 6.38. The molecular formula is C68H102N24O45. The Hall–Kier alpha value is -16.3. The van der Waals surface area contributed by atoms with E-state index in [0.717, 1.165) is 0 Å². The highest BCUT2D eigenvalue weighted by Crippen LogP contribution is 2.08. The number of aliphatic hydroxyl groups excluding tert-OH is 8. The molecule has 0 saturated heterocycles. The predicted octanol–water partition coefficient (Wildman–Crippen LogP) is -27.0. The van der Waals surface area contributed by atoms with Crippen molar-refractivity contribution >= 4 is 178 Å². The zero-order valence-electron chi connectivity index (χ0n) is 70.9. The second kappa shape index (κ2) is 61.5. The molecule has 0 saturated carbocycles. The van der Waals surface area contributed by atoms with Crippen molar-refractivity contribution in [2.24, 2.45) is 22.9 Å². The van der Waals surface area contributed by atoms with Gasteiger partial charge in [-0.1, -0.05) is 0 Å². The molecule has 23 amide bonds. The van der Waals surface area contributed by atoms with Crippen LogP contribution in [0, 0.1) is 0 Å². The van der Waals surface area contributed by atoms with Crippen LogP contribution in [0.4, 0.5) is 0 Å². The molecule has 0 aromatic carbocycles. The van der Waals surface area contributed by atoms with Crippen molar-refractivity contribution in [1.29, 1.82) is 0 Å². The molecule has 0 spiro atoms. The molecule has 764 valence electrons. The lowest BCUT2D eigenvalue weighted by atomic mass is 10.1. The van der Waals surface area contributed by atoms with Gasteiger partial charge in [0, 0.05) is 0 Å². The van der Waals surface area contributed by atoms with Crippen LogP contribution in [0.25, 0.3) is 0 Å². The summed E-state index contributed by atoms with van der Waals surface area (Å²) in [6, 6.07) is -37.3. The maximum Gasteiger partial charge on any atom is 0.326 e. The maximum absolute atomic E-state index is 13.8. The number of carbonyl (C=O) groups excluding carboxylic acids is 23. The van der Waals surface area contributed by atoms with Gasteiger partial charge in [-0.05, 0) is 0 Å². The third-order valence-corrected chi connectivity index (χ3v) is 17.2. The number of rotatable bonds is 67. The average molecular weight is 1980 g/mol. The number of hydrogen-bond acceptors (Lipinski definition) is 39. The lowest BCUT2D eigenvalue weighted by Crippen LogP contribution is -2.62. The van der Waals surface area contributed by atoms with Crippen LogP contribution in [-0.4, -0.2) is 436 Å². The summed E-state index contributed by atoms with van der Waals surface area (Å²) in [7, 11) is 0. The van der Waals surface area contributed by atoms with Gasteiger partial charge in [-0.15, -0.1) is 0 Å². The molecule has 0 rings (SSSR count). The first-order valence-corrected chi connectivity index (χ1v) is 38.9. The zero-order valence-corrected chi connectivity index (χ0v) is 70.9. The number of carboxylic acid groups (broad SMARTS) is 7. The van der Waals surface area contributed by atoms with E-state index < -0.39 is 417 Å². The Morgan fingerprint density at radius 3 is 0.489 bits per heavy atom. The number of nitrogens with one attached hydrogen (secondary N) is 20. The van der Waals surface area contributed by atoms with Gasteiger partial charge < -0.3 is 206 Å². The fourth-order valence-corrected chi connectivity index (χ4v) is 10.4. The standard InChI is InChI=1S/C68H102N24O45/c69-22(14-93)52(120)81-23(1-39(70)101)57(125)84-26(4-46(108)109)53(121)73-10-42(104)77-32(15-94)55(123)75-12-44(106)79-34(17-96)63(131)87-29(7-49(114)115)61(129)90-37(20-99)66(134)83-25(3-41(72)103)59(127)86-28(6-48(112)113)60(128)92-38(21-100)67(135)88-30(8-50(116)117)62(130)91-36(19-98)65(133)82-24(2-40(71)102)58(126)85-27(5-47(110)111)54(122)74-11-43(105)78-33(16-95)56(124)76-13-45(107)80-35(18-97)64(132)89-31(68(136)137)9-51(118)119/h22-38,93-100H,1-21,69H2,(H2,70,101)(H2,71,102)(H2,72,103)(H,73,121)(H,74,122)(H,75,123)(H,76,124)(H,77,104)(H,78,105)(H,79,106)(H,80,107)(H,81,120)(H,82,133)(H,83,134)(H,84,125)(H,85,126)(H,86,127)(H,87,131)(H,88,135)(H,89,132)(H,90,129)(H,91,130)(H,92,128)(H,108,109)(H,110,111)(H,112,113)(H,114,115)(H,116,117)(H,118,119)(H,136,137)/t22-,23-,24-,25-,26-,27-,28-,29-,30-,31-,32-,33-,34-,35-,36-,37-,38-/m0/s1. The lowest BCUT2D eigenvalue weighted by Gasteiger charge is -2.26. The maximum atomic E-state index is 13.8. The molecule has 0 bridgehead atoms. The van der Waals surface area contributed by atoms with Gasteiger partial charge in [-0.2, -0.15) is 0 Å². The van der Waals surface area contributed by atoms with E-state index in [1.807, 2.05) is 53.2 Å². The lowest BCUT2D eigenvalue weighted by molar-refractivity contribution is -0.147. The Kier molecular flexibility index (Phi) is 54.2. The number of aliphatic hydroxyl groups is 8. The van der Waals surface area contributed by atoms with E-state index in [2.05, 4.69) is 0 Å². The highest BCUT2D eigenvalue weighted by molar-refractivity contribution is 6.04. The Morgan fingerprint density at radius 1 is 0.175 bits per heavy atom. The molecule has 17 atom stereocenters. The Morgan fingerprint density at radius 2 is 0.314 bits per heavy atom. The molecule has 69 heteroatoms. The first kappa shape index (κ1) is 121. The smallest absolute Gasteiger partial charge is 0.326 e. The van der Waals surface area contributed by atoms with Gasteiger partial charge in [0.25, 0.3) is 0 Å². The third kappa shape index (κ3) is 47.1. The topological polar surface area (TPSA) is 1160 Å². The molecule has 0 unspecified atom stereocenters. The molecule has 0 aliphatic rings. The monoisotopic (exact) mass is 1970 g/mol. The number of carbonyl (C=O) groups is 30. The van der Waals surface area contributed by atoms with E-state index in [1.54, 1.807) is 53.2 Å². The van der Waals surface area contributed by atoms with Gasteiger partial charge in [0.1, 0.15) is 103 Å². The van der Waals surface area contributed by atoms with Crippen LogP contribution in [0.5, 0.6) is 0 Å². The number of amides is 23. The highest BCUT2D eigenvalue weighted by Gasteiger charge is 2.41. The van der Waals surface area contributed by atoms with Crippen molar-refractivity contribution in [2.75, 3.05) is 79.0 Å². The van der Waals surface area contributed by atoms with Gasteiger partial charge in [0.2, 0.25) is 136 Å². The molecule has 0 radical (unpaired) electrons. The minimum absolute atomic E-state index is 0.935. The first-order chi connectivity index (χ1) is 63.9. The van der Waals surface area contributed by atoms with Crippen LogP contribution >= 0.6 is 0 Å². The van der Waals surface area contributed by atoms with Gasteiger partial charge in [-0.25, -0.2) is 4.79 Å². The molecule has 0 heterocycles. The number of primary amides is 3. The predicted molar refractivity (Wildman–Crippen MR) is 430 cm³/mol. The fourth-order valence-electron chi connectivity index (χ4n) is 10.4. The molecule has 0 aliphatic heterocycles. The van der Waals surface area contributed by atoms with Gasteiger partial charge in [0.05, 0.1) is 137 Å². The molecule has 0 aromatic rings. The van der Waals surface area contributed by atoms with Crippen LogP contribution < -0.4 is 129 Å². The summed E-state index contributed by atoms with van der Waals surface area (Å²) in [6.45, 7) is -15.4. The quantitative estimate of drug-likeness (QED) is 0.0269. The molecule has 137 heavy (non-hydrogen) atoms. The van der Waals surface area contributed by atoms with Crippen molar-refractivity contribution in [3.63, 3.8) is 0 Å². The average Bonchev–Trinajstić information content (AvgIpc) is 0.853. The minimum Gasteiger partial charge on any atom is -0.481 e. The molecule has 69 nitrogen and oxygen atoms in total. The van der Waals surface area contributed by atoms with Gasteiger partial charge in [-0.3, -0.25) is 139 Å². The van der Waals surface area contributed by atoms with Crippen LogP contribution in [0.3, 0.4) is 0 Å². The molecule has 0 fully saturated rings. The van der Waals surface area contributed by atoms with E-state index in [-0.39, 0.29) is 0 Å². The zero-order chi connectivity index (χ0) is 105. The Labute approximate surface area is 764 Å². The minimum atomic E-state index is -2.51. The van der Waals surface area contributed by atoms with Crippen molar-refractivity contribution in [3.8, 4) is 0 Å². The first-order valence-electron chi connectivity index (χ1n) is 38.9. The summed E-state index contributed by atoms with van der Waals surface area (Å²) >= 11 is 0. The van der Waals surface area contributed by atoms with E-state index in [0.29, 0.717) is 0 Å². The summed E-state index contributed by atoms with van der Waals surface area (Å²) in [6.07, 6.45) is -11.7. The third-order valence-electron chi connectivity index (χ3n) is 17.2. The molecule has 43 N–H and O–H groups in total. The van der Waals surface area contributed by atoms with Crippen molar-refractivity contribution in [3.05, 3.63) is 0 Å². The van der Waals surface area contributed by atoms with Gasteiger partial charge >= 0.3 is 41.8 Å². The number of aliphatic carboxylic acids is 7. The van der Waals surface area contributed by atoms with Crippen molar-refractivity contribution in [1.82, 2.24) is 106 Å². The SMILES string of the molecule is NC(=O)C[C@H](NC(=O)[C@H](CO)NC(=O)[C@H](CC(=O)O)NC(=O)[C@H](CO)NC(=O)[C@H](CC(=O)O)NC(=O)[C@H](CC(N)=O)NC(=O)[C@H](CO)NC(=O)[C@H](CC(=O)O)NC(=O)[C@H](CO)NC(=O)CNC(=O)[C@H](CO)NC(=O)CNC(=O)[C@H](CC(=O)O)NC(=O)[C@H](CC(N)=O)NC(=O)[C@@H](N)CO)C(=O)N[C@@H](CC(=O)O)C(=O)NCC(=O)N[C@@H](CO)C(=O)NCC(=O)N[C@@H](CO)C(=O)N[C@@H](CC(=O)O)C(=O)O. The van der Waals surface area contributed by atoms with E-state index in [1.165, 1.54) is 0 Å². The number of hydrogen-bond donors (Lipinski definition) is 39. The van der Waals surface area contributed by atoms with Crippen molar-refractivity contribution in [2.45, 2.75) is 160 Å². The Bertz CT molecular complexity index is 4480. The van der Waals surface area contributed by atoms with Crippen molar-refractivity contribution < 1.29 is 220 Å². The summed E-state index contributed by atoms with van der Waals surface area (Å²) in [5, 5.41) is 181. The van der Waals surface area contributed by atoms with Crippen LogP contribution in [0.2, 0.25) is 0 Å². The van der Waals surface area contributed by atoms with Crippen LogP contribution in [-0.2, 0) is 144 Å². The molecule has 0 aromatic heterocycles. The largest absolute Gasteiger partial charge is 0.481 e. The number of carboxylic acids is 7. The normalized spacial score (nSPS) is 14.4. The summed E-state index contributed by atoms with van der Waals surface area (Å²) in [5.74, 6) is -47.7. The fraction of sp³-hybridized carbons (Fsp3) is 0.559. The molecular weight excluding hydrogens is 1870 g/mol. The van der Waals surface area contributed by atoms with E-state index in [4.69, 9.17) is 38.3 Å². The number of nitrogens with two attached hydrogens (primary N) is 4. The molecule has 0 aliphatic carbocycles. The summed E-state index contributed by atoms with van der Waals surface area (Å²) < 4.78 is 0. The second-order valence-electron chi connectivity index (χ2n) is 28.1. The second-order valence-corrected chi connectivity index (χ2v) is 28.1. The summed E-state index contributed by atoms with van der Waals surface area (Å²) in [5.41, 5.74) is 20.9. The van der Waals surface area contributed by atoms with E-state index >= 15 is 0 Å². The van der Waals surface area contributed by atoms with Crippen LogP contribution in [0.1, 0.15) is 57.8 Å². The van der Waals surface area contributed by atoms with Gasteiger partial charge in [0.15, 0.2) is 0 Å². The highest BCUT2D eigenvalue weighted by atomic mass is 16.4.